The Morgan fingerprint density at radius 1 is 1.12 bits per heavy atom. The molecular weight excluding hydrogens is 236 g/mol. The number of anilines is 1. The summed E-state index contributed by atoms with van der Waals surface area (Å²) in [4.78, 5) is 0.366. The number of hydrazine groups is 1. The lowest BCUT2D eigenvalue weighted by molar-refractivity contribution is 0.272. The predicted molar refractivity (Wildman–Crippen MR) is 68.6 cm³/mol. The van der Waals surface area contributed by atoms with Gasteiger partial charge >= 0.3 is 0 Å². The Hall–Kier alpha value is -1.07. The van der Waals surface area contributed by atoms with E-state index in [1.807, 2.05) is 12.1 Å². The van der Waals surface area contributed by atoms with Gasteiger partial charge in [0, 0.05) is 19.3 Å². The lowest BCUT2D eigenvalue weighted by Gasteiger charge is -2.28. The quantitative estimate of drug-likeness (QED) is 0.895. The Morgan fingerprint density at radius 3 is 2.41 bits per heavy atom. The molecule has 0 saturated carbocycles. The number of hydrogen-bond acceptors (Lipinski definition) is 4. The Morgan fingerprint density at radius 2 is 1.76 bits per heavy atom. The SMILES string of the molecule is CS(=O)(=O)c1ccccc1NN1CCCCC1. The molecule has 17 heavy (non-hydrogen) atoms. The summed E-state index contributed by atoms with van der Waals surface area (Å²) >= 11 is 0. The second kappa shape index (κ2) is 5.06. The van der Waals surface area contributed by atoms with Crippen LogP contribution < -0.4 is 5.43 Å². The first-order valence-electron chi connectivity index (χ1n) is 5.88. The molecule has 1 aliphatic heterocycles. The molecule has 1 aliphatic rings. The summed E-state index contributed by atoms with van der Waals surface area (Å²) in [7, 11) is -3.17. The molecule has 5 heteroatoms. The number of nitrogens with one attached hydrogen (secondary N) is 1. The van der Waals surface area contributed by atoms with Gasteiger partial charge in [0.2, 0.25) is 0 Å². The number of sulfone groups is 1. The molecule has 0 spiro atoms. The van der Waals surface area contributed by atoms with Gasteiger partial charge in [0.25, 0.3) is 0 Å². The minimum absolute atomic E-state index is 0.366. The first-order chi connectivity index (χ1) is 8.07. The van der Waals surface area contributed by atoms with Crippen LogP contribution in [-0.4, -0.2) is 32.8 Å². The van der Waals surface area contributed by atoms with Crippen molar-refractivity contribution in [3.8, 4) is 0 Å². The van der Waals surface area contributed by atoms with Crippen LogP contribution in [0.1, 0.15) is 19.3 Å². The highest BCUT2D eigenvalue weighted by Crippen LogP contribution is 2.22. The van der Waals surface area contributed by atoms with Crippen LogP contribution in [0.5, 0.6) is 0 Å². The van der Waals surface area contributed by atoms with Crippen molar-refractivity contribution < 1.29 is 8.42 Å². The fourth-order valence-corrected chi connectivity index (χ4v) is 2.90. The van der Waals surface area contributed by atoms with E-state index in [1.54, 1.807) is 12.1 Å². The van der Waals surface area contributed by atoms with Crippen molar-refractivity contribution in [3.05, 3.63) is 24.3 Å². The van der Waals surface area contributed by atoms with Crippen molar-refractivity contribution in [2.45, 2.75) is 24.2 Å². The van der Waals surface area contributed by atoms with Gasteiger partial charge in [0.15, 0.2) is 9.84 Å². The average molecular weight is 254 g/mol. The largest absolute Gasteiger partial charge is 0.318 e. The smallest absolute Gasteiger partial charge is 0.177 e. The fraction of sp³-hybridized carbons (Fsp3) is 0.500. The summed E-state index contributed by atoms with van der Waals surface area (Å²) in [6.07, 6.45) is 4.82. The van der Waals surface area contributed by atoms with Crippen LogP contribution in [0.25, 0.3) is 0 Å². The summed E-state index contributed by atoms with van der Waals surface area (Å²) in [6, 6.07) is 7.05. The van der Waals surface area contributed by atoms with Crippen molar-refractivity contribution >= 4 is 15.5 Å². The monoisotopic (exact) mass is 254 g/mol. The van der Waals surface area contributed by atoms with E-state index in [4.69, 9.17) is 0 Å². The molecule has 0 aliphatic carbocycles. The highest BCUT2D eigenvalue weighted by molar-refractivity contribution is 7.90. The molecule has 0 bridgehead atoms. The first-order valence-corrected chi connectivity index (χ1v) is 7.77. The molecule has 1 N–H and O–H groups in total. The van der Waals surface area contributed by atoms with Gasteiger partial charge in [-0.05, 0) is 25.0 Å². The Balaban J connectivity index is 2.20. The van der Waals surface area contributed by atoms with Gasteiger partial charge in [-0.25, -0.2) is 13.4 Å². The van der Waals surface area contributed by atoms with Crippen molar-refractivity contribution in [1.82, 2.24) is 5.01 Å². The van der Waals surface area contributed by atoms with E-state index in [-0.39, 0.29) is 0 Å². The summed E-state index contributed by atoms with van der Waals surface area (Å²) in [5, 5.41) is 2.09. The maximum Gasteiger partial charge on any atom is 0.177 e. The van der Waals surface area contributed by atoms with E-state index in [1.165, 1.54) is 12.7 Å². The van der Waals surface area contributed by atoms with Gasteiger partial charge < -0.3 is 5.43 Å². The third kappa shape index (κ3) is 3.20. The minimum atomic E-state index is -3.17. The second-order valence-electron chi connectivity index (χ2n) is 4.43. The number of benzene rings is 1. The fourth-order valence-electron chi connectivity index (χ4n) is 2.06. The summed E-state index contributed by atoms with van der Waals surface area (Å²) < 4.78 is 23.3. The molecule has 0 radical (unpaired) electrons. The molecule has 1 aromatic rings. The molecule has 1 saturated heterocycles. The molecule has 0 atom stereocenters. The molecule has 0 aromatic heterocycles. The maximum absolute atomic E-state index is 11.6. The number of hydrogen-bond donors (Lipinski definition) is 1. The van der Waals surface area contributed by atoms with Gasteiger partial charge in [0.05, 0.1) is 10.6 Å². The van der Waals surface area contributed by atoms with Crippen molar-refractivity contribution in [2.24, 2.45) is 0 Å². The minimum Gasteiger partial charge on any atom is -0.318 e. The number of rotatable bonds is 3. The average Bonchev–Trinajstić information content (AvgIpc) is 2.30. The van der Waals surface area contributed by atoms with Crippen LogP contribution in [0, 0.1) is 0 Å². The van der Waals surface area contributed by atoms with Crippen molar-refractivity contribution in [3.63, 3.8) is 0 Å². The second-order valence-corrected chi connectivity index (χ2v) is 6.41. The summed E-state index contributed by atoms with van der Waals surface area (Å²) in [5.74, 6) is 0. The van der Waals surface area contributed by atoms with Crippen LogP contribution in [0.15, 0.2) is 29.2 Å². The third-order valence-electron chi connectivity index (χ3n) is 2.92. The van der Waals surface area contributed by atoms with E-state index >= 15 is 0 Å². The van der Waals surface area contributed by atoms with Gasteiger partial charge in [0.1, 0.15) is 0 Å². The summed E-state index contributed by atoms with van der Waals surface area (Å²) in [5.41, 5.74) is 3.89. The molecule has 94 valence electrons. The van der Waals surface area contributed by atoms with Crippen LogP contribution in [0.2, 0.25) is 0 Å². The standard InChI is InChI=1S/C12H18N2O2S/c1-17(15,16)12-8-4-3-7-11(12)13-14-9-5-2-6-10-14/h3-4,7-8,13H,2,5-6,9-10H2,1H3. The normalized spacial score (nSPS) is 17.9. The molecule has 0 unspecified atom stereocenters. The highest BCUT2D eigenvalue weighted by atomic mass is 32.2. The molecule has 4 nitrogen and oxygen atoms in total. The van der Waals surface area contributed by atoms with Crippen LogP contribution in [0.4, 0.5) is 5.69 Å². The van der Waals surface area contributed by atoms with Gasteiger partial charge in [-0.15, -0.1) is 0 Å². The number of nitrogens with zero attached hydrogens (tertiary/aromatic N) is 1. The Kier molecular flexibility index (Phi) is 3.69. The molecule has 1 fully saturated rings. The molecule has 2 rings (SSSR count). The van der Waals surface area contributed by atoms with E-state index < -0.39 is 9.84 Å². The predicted octanol–water partition coefficient (Wildman–Crippen LogP) is 1.90. The highest BCUT2D eigenvalue weighted by Gasteiger charge is 2.15. The molecule has 1 heterocycles. The van der Waals surface area contributed by atoms with Gasteiger partial charge in [-0.1, -0.05) is 18.6 Å². The maximum atomic E-state index is 11.6. The van der Waals surface area contributed by atoms with Crippen molar-refractivity contribution in [2.75, 3.05) is 24.8 Å². The van der Waals surface area contributed by atoms with Gasteiger partial charge in [-0.3, -0.25) is 0 Å². The zero-order valence-corrected chi connectivity index (χ0v) is 10.8. The number of piperidine rings is 1. The van der Waals surface area contributed by atoms with Crippen molar-refractivity contribution in [1.29, 1.82) is 0 Å². The molecule has 1 aromatic carbocycles. The van der Waals surface area contributed by atoms with Crippen LogP contribution in [0.3, 0.4) is 0 Å². The van der Waals surface area contributed by atoms with E-state index in [0.717, 1.165) is 25.9 Å². The zero-order chi connectivity index (χ0) is 12.3. The van der Waals surface area contributed by atoms with Gasteiger partial charge in [-0.2, -0.15) is 0 Å². The van der Waals surface area contributed by atoms with E-state index in [2.05, 4.69) is 10.4 Å². The topological polar surface area (TPSA) is 49.4 Å². The first kappa shape index (κ1) is 12.4. The van der Waals surface area contributed by atoms with Crippen LogP contribution >= 0.6 is 0 Å². The molecule has 0 amide bonds. The Labute approximate surface area is 103 Å². The third-order valence-corrected chi connectivity index (χ3v) is 4.08. The summed E-state index contributed by atoms with van der Waals surface area (Å²) in [6.45, 7) is 1.94. The Bertz CT molecular complexity index is 479. The lowest BCUT2D eigenvalue weighted by atomic mass is 10.2. The lowest BCUT2D eigenvalue weighted by Crippen LogP contribution is -2.35. The van der Waals surface area contributed by atoms with E-state index in [0.29, 0.717) is 10.6 Å². The number of para-hydroxylation sites is 1. The zero-order valence-electron chi connectivity index (χ0n) is 10.0. The molecular formula is C12H18N2O2S. The van der Waals surface area contributed by atoms with Crippen LogP contribution in [-0.2, 0) is 9.84 Å². The van der Waals surface area contributed by atoms with E-state index in [9.17, 15) is 8.42 Å².